The van der Waals surface area contributed by atoms with E-state index in [4.69, 9.17) is 18.6 Å². The first kappa shape index (κ1) is 29.0. The van der Waals surface area contributed by atoms with E-state index < -0.39 is 69.6 Å². The van der Waals surface area contributed by atoms with Crippen molar-refractivity contribution in [1.82, 2.24) is 0 Å². The number of ketones is 1. The van der Waals surface area contributed by atoms with Gasteiger partial charge >= 0.3 is 17.9 Å². The summed E-state index contributed by atoms with van der Waals surface area (Å²) in [6.07, 6.45) is 6.68. The molecular weight excluding hydrogens is 528 g/mol. The lowest BCUT2D eigenvalue weighted by atomic mass is 9.40. The zero-order valence-corrected chi connectivity index (χ0v) is 24.6. The zero-order chi connectivity index (χ0) is 30.1. The summed E-state index contributed by atoms with van der Waals surface area (Å²) >= 11 is 0. The van der Waals surface area contributed by atoms with Crippen LogP contribution in [0, 0.1) is 28.1 Å². The van der Waals surface area contributed by atoms with Crippen molar-refractivity contribution in [2.24, 2.45) is 28.1 Å². The van der Waals surface area contributed by atoms with Gasteiger partial charge in [-0.1, -0.05) is 33.8 Å². The van der Waals surface area contributed by atoms with Crippen LogP contribution >= 0.6 is 0 Å². The van der Waals surface area contributed by atoms with Gasteiger partial charge in [-0.25, -0.2) is 9.59 Å². The van der Waals surface area contributed by atoms with Crippen molar-refractivity contribution in [1.29, 1.82) is 0 Å². The lowest BCUT2D eigenvalue weighted by molar-refractivity contribution is -0.220. The number of cyclic esters (lactones) is 1. The molecule has 2 heterocycles. The molecule has 0 radical (unpaired) electrons. The third kappa shape index (κ3) is 3.99. The maximum Gasteiger partial charge on any atom is 0.333 e. The van der Waals surface area contributed by atoms with Crippen LogP contribution in [0.15, 0.2) is 58.0 Å². The Kier molecular flexibility index (Phi) is 6.76. The monoisotopic (exact) mass is 566 g/mol. The van der Waals surface area contributed by atoms with Gasteiger partial charge in [0.05, 0.1) is 19.6 Å². The molecule has 9 heteroatoms. The van der Waals surface area contributed by atoms with Crippen LogP contribution in [0.5, 0.6) is 0 Å². The van der Waals surface area contributed by atoms with Crippen molar-refractivity contribution in [3.8, 4) is 0 Å². The molecule has 7 atom stereocenters. The quantitative estimate of drug-likeness (QED) is 0.310. The van der Waals surface area contributed by atoms with E-state index in [0.717, 1.165) is 0 Å². The van der Waals surface area contributed by atoms with Gasteiger partial charge in [0.25, 0.3) is 0 Å². The summed E-state index contributed by atoms with van der Waals surface area (Å²) in [5.74, 6) is -3.28. The van der Waals surface area contributed by atoms with E-state index in [2.05, 4.69) is 0 Å². The molecule has 7 unspecified atom stereocenters. The van der Waals surface area contributed by atoms with Crippen LogP contribution in [0.4, 0.5) is 0 Å². The molecule has 5 rings (SSSR count). The van der Waals surface area contributed by atoms with Crippen LogP contribution in [0.2, 0.25) is 0 Å². The Bertz CT molecular complexity index is 1400. The molecule has 3 aliphatic carbocycles. The van der Waals surface area contributed by atoms with Crippen LogP contribution < -0.4 is 0 Å². The van der Waals surface area contributed by atoms with Gasteiger partial charge < -0.3 is 23.7 Å². The minimum atomic E-state index is -2.20. The second kappa shape index (κ2) is 9.54. The molecule has 1 aliphatic heterocycles. The molecule has 0 amide bonds. The molecule has 1 aromatic heterocycles. The highest BCUT2D eigenvalue weighted by Crippen LogP contribution is 2.68. The molecule has 2 fully saturated rings. The number of aliphatic hydroxyl groups is 1. The third-order valence-electron chi connectivity index (χ3n) is 10.4. The second-order valence-corrected chi connectivity index (χ2v) is 12.9. The fourth-order valence-corrected chi connectivity index (χ4v) is 8.13. The zero-order valence-electron chi connectivity index (χ0n) is 24.6. The Hall–Kier alpha value is -3.46. The van der Waals surface area contributed by atoms with Gasteiger partial charge in [0.15, 0.2) is 11.4 Å². The molecule has 0 saturated heterocycles. The number of hydrogen-bond donors (Lipinski definition) is 1. The lowest BCUT2D eigenvalue weighted by Crippen LogP contribution is -2.73. The summed E-state index contributed by atoms with van der Waals surface area (Å²) in [5, 5.41) is 12.4. The highest BCUT2D eigenvalue weighted by atomic mass is 16.6. The number of allylic oxidation sites excluding steroid dienone is 2. The van der Waals surface area contributed by atoms with Crippen LogP contribution in [-0.2, 0) is 33.4 Å². The number of methoxy groups -OCH3 is 1. The molecule has 2 bridgehead atoms. The summed E-state index contributed by atoms with van der Waals surface area (Å²) in [7, 11) is 1.29. The molecule has 220 valence electrons. The number of Topliss-reactive ketones (excluding diaryl/α,β-unsaturated/α-hetero) is 1. The molecule has 1 N–H and O–H groups in total. The standard InChI is InChI=1S/C32H38O9/c1-8-17(2)26(35)41-28-29(3,4)22(14-23(33)38-7)31(6)20-9-11-30(5)21(19(20)15-32(28,37)27(31)36)13-24(34)40-25(30)18-10-12-39-16-18/h8,10,12-13,15-16,20,22,25,28,37H,9,11,14H2,1-7H3. The molecule has 9 nitrogen and oxygen atoms in total. The van der Waals surface area contributed by atoms with E-state index in [9.17, 15) is 24.3 Å². The number of carbonyl (C=O) groups is 4. The van der Waals surface area contributed by atoms with E-state index in [-0.39, 0.29) is 6.42 Å². The summed E-state index contributed by atoms with van der Waals surface area (Å²) < 4.78 is 22.1. The summed E-state index contributed by atoms with van der Waals surface area (Å²) in [5.41, 5.74) is -2.79. The number of carbonyl (C=O) groups excluding carboxylic acids is 4. The van der Waals surface area contributed by atoms with Crippen molar-refractivity contribution in [3.63, 3.8) is 0 Å². The van der Waals surface area contributed by atoms with Crippen LogP contribution in [0.1, 0.15) is 72.5 Å². The smallest absolute Gasteiger partial charge is 0.333 e. The van der Waals surface area contributed by atoms with Crippen molar-refractivity contribution in [2.75, 3.05) is 7.11 Å². The Balaban J connectivity index is 1.73. The van der Waals surface area contributed by atoms with Crippen LogP contribution in [-0.4, -0.2) is 47.6 Å². The van der Waals surface area contributed by atoms with E-state index in [1.807, 2.05) is 20.8 Å². The van der Waals surface area contributed by atoms with Crippen molar-refractivity contribution in [2.45, 2.75) is 78.6 Å². The number of rotatable bonds is 5. The maximum absolute atomic E-state index is 14.5. The molecule has 4 aliphatic rings. The number of esters is 3. The fourth-order valence-electron chi connectivity index (χ4n) is 8.13. The van der Waals surface area contributed by atoms with E-state index in [1.165, 1.54) is 25.5 Å². The first-order chi connectivity index (χ1) is 19.2. The number of hydrogen-bond acceptors (Lipinski definition) is 9. The molecule has 41 heavy (non-hydrogen) atoms. The number of furan rings is 1. The predicted octanol–water partition coefficient (Wildman–Crippen LogP) is 4.56. The van der Waals surface area contributed by atoms with E-state index in [0.29, 0.717) is 35.1 Å². The minimum absolute atomic E-state index is 0.113. The Morgan fingerprint density at radius 3 is 2.51 bits per heavy atom. The third-order valence-corrected chi connectivity index (χ3v) is 10.4. The number of fused-ring (bicyclic) bond motifs is 6. The predicted molar refractivity (Wildman–Crippen MR) is 146 cm³/mol. The second-order valence-electron chi connectivity index (χ2n) is 12.9. The Morgan fingerprint density at radius 2 is 1.90 bits per heavy atom. The van der Waals surface area contributed by atoms with Gasteiger partial charge in [0.2, 0.25) is 0 Å². The van der Waals surface area contributed by atoms with Crippen molar-refractivity contribution in [3.05, 3.63) is 59.1 Å². The number of ether oxygens (including phenoxy) is 3. The lowest BCUT2D eigenvalue weighted by Gasteiger charge is -2.64. The topological polar surface area (TPSA) is 129 Å². The van der Waals surface area contributed by atoms with Gasteiger partial charge in [-0.05, 0) is 61.8 Å². The largest absolute Gasteiger partial charge is 0.472 e. The molecule has 1 aromatic rings. The van der Waals surface area contributed by atoms with E-state index in [1.54, 1.807) is 39.2 Å². The van der Waals surface area contributed by atoms with Gasteiger partial charge in [-0.2, -0.15) is 0 Å². The van der Waals surface area contributed by atoms with Crippen molar-refractivity contribution < 1.29 is 42.9 Å². The van der Waals surface area contributed by atoms with E-state index >= 15 is 0 Å². The molecule has 0 aromatic carbocycles. The molecule has 2 saturated carbocycles. The van der Waals surface area contributed by atoms with Gasteiger partial charge in [0, 0.05) is 39.9 Å². The normalized spacial score (nSPS) is 37.6. The van der Waals surface area contributed by atoms with Crippen LogP contribution in [0.3, 0.4) is 0 Å². The molecule has 0 spiro atoms. The average Bonchev–Trinajstić information content (AvgIpc) is 3.46. The SMILES string of the molecule is CC=C(C)C(=O)OC1C2(O)C=C3C4=CC(=O)OC(c5ccoc5)C4(C)CCC3C(C)(C2=O)C(CC(=O)OC)C1(C)C. The summed E-state index contributed by atoms with van der Waals surface area (Å²) in [4.78, 5) is 53.3. The fraction of sp³-hybridized carbons (Fsp3) is 0.562. The van der Waals surface area contributed by atoms with Gasteiger partial charge in [-0.15, -0.1) is 0 Å². The summed E-state index contributed by atoms with van der Waals surface area (Å²) in [6, 6.07) is 1.76. The first-order valence-corrected chi connectivity index (χ1v) is 14.0. The average molecular weight is 567 g/mol. The first-order valence-electron chi connectivity index (χ1n) is 14.0. The summed E-state index contributed by atoms with van der Waals surface area (Å²) in [6.45, 7) is 10.7. The van der Waals surface area contributed by atoms with Crippen molar-refractivity contribution >= 4 is 23.7 Å². The van der Waals surface area contributed by atoms with Gasteiger partial charge in [0.1, 0.15) is 12.2 Å². The minimum Gasteiger partial charge on any atom is -0.472 e. The van der Waals surface area contributed by atoms with Gasteiger partial charge in [-0.3, -0.25) is 9.59 Å². The molecular formula is C32H38O9. The highest BCUT2D eigenvalue weighted by molar-refractivity contribution is 6.00. The van der Waals surface area contributed by atoms with Crippen LogP contribution in [0.25, 0.3) is 0 Å². The highest BCUT2D eigenvalue weighted by Gasteiger charge is 2.73. The Labute approximate surface area is 239 Å². The maximum atomic E-state index is 14.5. The Morgan fingerprint density at radius 1 is 1.20 bits per heavy atom.